The van der Waals surface area contributed by atoms with Gasteiger partial charge in [-0.3, -0.25) is 19.4 Å². The number of nitrogens with zero attached hydrogens (tertiary/aromatic N) is 2. The quantitative estimate of drug-likeness (QED) is 0.580. The van der Waals surface area contributed by atoms with E-state index in [9.17, 15) is 14.4 Å². The monoisotopic (exact) mass is 520 g/mol. The molecule has 0 spiro atoms. The summed E-state index contributed by atoms with van der Waals surface area (Å²) in [5, 5.41) is 5.95. The molecule has 38 heavy (non-hydrogen) atoms. The fourth-order valence-electron chi connectivity index (χ4n) is 5.71. The normalized spacial score (nSPS) is 23.4. The fraction of sp³-hybridized carbons (Fsp3) is 0.517. The van der Waals surface area contributed by atoms with E-state index in [1.165, 1.54) is 0 Å². The molecule has 2 fully saturated rings. The molecule has 0 radical (unpaired) electrons. The van der Waals surface area contributed by atoms with Crippen LogP contribution < -0.4 is 15.4 Å². The van der Waals surface area contributed by atoms with Gasteiger partial charge < -0.3 is 25.0 Å². The molecule has 1 aromatic heterocycles. The van der Waals surface area contributed by atoms with Gasteiger partial charge in [-0.05, 0) is 68.0 Å². The summed E-state index contributed by atoms with van der Waals surface area (Å²) < 4.78 is 12.3. The number of anilines is 1. The van der Waals surface area contributed by atoms with Gasteiger partial charge in [-0.15, -0.1) is 0 Å². The third-order valence-corrected chi connectivity index (χ3v) is 7.90. The Morgan fingerprint density at radius 1 is 1.08 bits per heavy atom. The topological polar surface area (TPSA) is 110 Å². The summed E-state index contributed by atoms with van der Waals surface area (Å²) >= 11 is 0. The highest BCUT2D eigenvalue weighted by Crippen LogP contribution is 2.33. The number of likely N-dealkylation sites (N-methyl/N-ethyl adjacent to an activating group) is 1. The van der Waals surface area contributed by atoms with Crippen molar-refractivity contribution in [2.24, 2.45) is 5.92 Å². The molecular formula is C29H36N4O5. The maximum Gasteiger partial charge on any atom is 0.257 e. The van der Waals surface area contributed by atoms with E-state index in [1.54, 1.807) is 42.5 Å². The van der Waals surface area contributed by atoms with Crippen molar-refractivity contribution in [1.82, 2.24) is 15.2 Å². The average Bonchev–Trinajstić information content (AvgIpc) is 3.47. The lowest BCUT2D eigenvalue weighted by Crippen LogP contribution is -2.54. The molecule has 3 atom stereocenters. The van der Waals surface area contributed by atoms with Crippen LogP contribution in [0.25, 0.3) is 0 Å². The third kappa shape index (κ3) is 6.15. The minimum absolute atomic E-state index is 0.0169. The Bertz CT molecular complexity index is 1150. The van der Waals surface area contributed by atoms with E-state index >= 15 is 0 Å². The van der Waals surface area contributed by atoms with Crippen LogP contribution in [0.15, 0.2) is 42.7 Å². The van der Waals surface area contributed by atoms with Crippen LogP contribution in [0.4, 0.5) is 5.69 Å². The summed E-state index contributed by atoms with van der Waals surface area (Å²) in [6, 6.07) is 8.95. The van der Waals surface area contributed by atoms with Crippen molar-refractivity contribution in [2.75, 3.05) is 25.5 Å². The smallest absolute Gasteiger partial charge is 0.257 e. The van der Waals surface area contributed by atoms with Gasteiger partial charge in [0.2, 0.25) is 11.8 Å². The summed E-state index contributed by atoms with van der Waals surface area (Å²) in [5.41, 5.74) is 2.17. The molecular weight excluding hydrogens is 484 g/mol. The number of aromatic nitrogens is 1. The molecule has 1 aliphatic carbocycles. The first kappa shape index (κ1) is 26.2. The van der Waals surface area contributed by atoms with Gasteiger partial charge in [0.1, 0.15) is 18.5 Å². The van der Waals surface area contributed by atoms with Crippen molar-refractivity contribution in [3.05, 3.63) is 53.9 Å². The third-order valence-electron chi connectivity index (χ3n) is 7.90. The Hall–Kier alpha value is -3.46. The van der Waals surface area contributed by atoms with Gasteiger partial charge in [0.05, 0.1) is 24.1 Å². The number of ether oxygens (including phenoxy) is 2. The standard InChI is InChI=1S/C29H36N4O5/c1-33-24-8-7-22(17-27(34)31-15-12-19-10-13-30-14-11-19)38-26(24)18-37-25-9-6-21(16-23(25)29(33)36)32-28(35)20-4-2-3-5-20/h6,9-11,13-14,16,20,22,24,26H,2-5,7-8,12,15,17-18H2,1H3,(H,31,34)(H,32,35)/t22-,24-,26-/m1/s1. The molecule has 9 heteroatoms. The van der Waals surface area contributed by atoms with Crippen molar-refractivity contribution < 1.29 is 23.9 Å². The molecule has 9 nitrogen and oxygen atoms in total. The van der Waals surface area contributed by atoms with Crippen LogP contribution in [0.3, 0.4) is 0 Å². The highest BCUT2D eigenvalue weighted by atomic mass is 16.5. The maximum absolute atomic E-state index is 13.4. The van der Waals surface area contributed by atoms with Crippen LogP contribution in [0.1, 0.15) is 60.9 Å². The van der Waals surface area contributed by atoms with E-state index in [1.807, 2.05) is 12.1 Å². The van der Waals surface area contributed by atoms with Crippen molar-refractivity contribution >= 4 is 23.4 Å². The number of hydrogen-bond acceptors (Lipinski definition) is 6. The molecule has 0 bridgehead atoms. The molecule has 202 valence electrons. The van der Waals surface area contributed by atoms with Gasteiger partial charge in [0.25, 0.3) is 5.91 Å². The number of amides is 3. The first-order valence-corrected chi connectivity index (χ1v) is 13.6. The van der Waals surface area contributed by atoms with Crippen molar-refractivity contribution in [2.45, 2.75) is 69.6 Å². The second-order valence-electron chi connectivity index (χ2n) is 10.5. The lowest BCUT2D eigenvalue weighted by molar-refractivity contribution is -0.134. The molecule has 0 unspecified atom stereocenters. The van der Waals surface area contributed by atoms with Gasteiger partial charge in [-0.2, -0.15) is 0 Å². The summed E-state index contributed by atoms with van der Waals surface area (Å²) in [6.07, 6.45) is 9.36. The van der Waals surface area contributed by atoms with Crippen LogP contribution in [-0.2, 0) is 20.7 Å². The molecule has 1 saturated carbocycles. The molecule has 3 aliphatic rings. The lowest BCUT2D eigenvalue weighted by Gasteiger charge is -2.42. The van der Waals surface area contributed by atoms with Crippen LogP contribution in [0.2, 0.25) is 0 Å². The number of rotatable bonds is 7. The minimum Gasteiger partial charge on any atom is -0.490 e. The number of carbonyl (C=O) groups is 3. The molecule has 5 rings (SSSR count). The molecule has 1 saturated heterocycles. The molecule has 3 heterocycles. The van der Waals surface area contributed by atoms with E-state index < -0.39 is 0 Å². The van der Waals surface area contributed by atoms with Gasteiger partial charge >= 0.3 is 0 Å². The first-order valence-electron chi connectivity index (χ1n) is 13.6. The molecule has 2 N–H and O–H groups in total. The van der Waals surface area contributed by atoms with Gasteiger partial charge in [0.15, 0.2) is 0 Å². The van der Waals surface area contributed by atoms with E-state index in [2.05, 4.69) is 15.6 Å². The van der Waals surface area contributed by atoms with Crippen LogP contribution in [0, 0.1) is 5.92 Å². The summed E-state index contributed by atoms with van der Waals surface area (Å²) in [4.78, 5) is 44.3. The highest BCUT2D eigenvalue weighted by molar-refractivity contribution is 6.00. The molecule has 2 aromatic rings. The predicted octanol–water partition coefficient (Wildman–Crippen LogP) is 3.34. The van der Waals surface area contributed by atoms with Crippen LogP contribution >= 0.6 is 0 Å². The van der Waals surface area contributed by atoms with E-state index in [4.69, 9.17) is 9.47 Å². The highest BCUT2D eigenvalue weighted by Gasteiger charge is 2.39. The van der Waals surface area contributed by atoms with Crippen molar-refractivity contribution in [1.29, 1.82) is 0 Å². The zero-order chi connectivity index (χ0) is 26.5. The van der Waals surface area contributed by atoms with Gasteiger partial charge in [-0.25, -0.2) is 0 Å². The Morgan fingerprint density at radius 2 is 1.87 bits per heavy atom. The molecule has 2 aliphatic heterocycles. The zero-order valence-electron chi connectivity index (χ0n) is 21.9. The Kier molecular flexibility index (Phi) is 8.22. The number of pyridine rings is 1. The number of nitrogens with one attached hydrogen (secondary N) is 2. The summed E-state index contributed by atoms with van der Waals surface area (Å²) in [6.45, 7) is 0.838. The van der Waals surface area contributed by atoms with Crippen molar-refractivity contribution in [3.8, 4) is 5.75 Å². The first-order chi connectivity index (χ1) is 18.5. The zero-order valence-corrected chi connectivity index (χ0v) is 21.9. The number of carbonyl (C=O) groups excluding carboxylic acids is 3. The lowest BCUT2D eigenvalue weighted by atomic mass is 9.94. The predicted molar refractivity (Wildman–Crippen MR) is 142 cm³/mol. The largest absolute Gasteiger partial charge is 0.490 e. The van der Waals surface area contributed by atoms with Crippen LogP contribution in [0.5, 0.6) is 5.75 Å². The Morgan fingerprint density at radius 3 is 2.66 bits per heavy atom. The second-order valence-corrected chi connectivity index (χ2v) is 10.5. The Labute approximate surface area is 223 Å². The van der Waals surface area contributed by atoms with E-state index in [0.717, 1.165) is 44.1 Å². The van der Waals surface area contributed by atoms with Gasteiger partial charge in [-0.1, -0.05) is 12.8 Å². The summed E-state index contributed by atoms with van der Waals surface area (Å²) in [7, 11) is 1.79. The Balaban J connectivity index is 1.17. The average molecular weight is 521 g/mol. The maximum atomic E-state index is 13.4. The molecule has 3 amide bonds. The number of benzene rings is 1. The van der Waals surface area contributed by atoms with Crippen LogP contribution in [-0.4, -0.2) is 66.1 Å². The fourth-order valence-corrected chi connectivity index (χ4v) is 5.71. The minimum atomic E-state index is -0.331. The SMILES string of the molecule is CN1C(=O)c2cc(NC(=O)C3CCCC3)ccc2OC[C@H]2O[C@@H](CC(=O)NCCc3ccncc3)CC[C@H]21. The number of hydrogen-bond donors (Lipinski definition) is 2. The number of fused-ring (bicyclic) bond motifs is 2. The van der Waals surface area contributed by atoms with E-state index in [-0.39, 0.29) is 54.9 Å². The second kappa shape index (κ2) is 11.9. The summed E-state index contributed by atoms with van der Waals surface area (Å²) in [5.74, 6) is 0.323. The molecule has 1 aromatic carbocycles. The van der Waals surface area contributed by atoms with Gasteiger partial charge in [0, 0.05) is 37.6 Å². The van der Waals surface area contributed by atoms with E-state index in [0.29, 0.717) is 30.0 Å². The van der Waals surface area contributed by atoms with Crippen molar-refractivity contribution in [3.63, 3.8) is 0 Å².